The number of rotatable bonds is 7. The summed E-state index contributed by atoms with van der Waals surface area (Å²) in [5.41, 5.74) is 2.00. The normalized spacial score (nSPS) is 12.4. The summed E-state index contributed by atoms with van der Waals surface area (Å²) in [7, 11) is 2.02. The number of ether oxygens (including phenoxy) is 1. The molecular formula is C16H20N2O3S. The van der Waals surface area contributed by atoms with E-state index in [1.165, 1.54) is 0 Å². The minimum absolute atomic E-state index is 0.186. The summed E-state index contributed by atoms with van der Waals surface area (Å²) in [6.07, 6.45) is 0. The first-order valence-electron chi connectivity index (χ1n) is 7.02. The van der Waals surface area contributed by atoms with Crippen LogP contribution in [0.3, 0.4) is 0 Å². The van der Waals surface area contributed by atoms with Crippen LogP contribution in [-0.2, 0) is 11.3 Å². The average molecular weight is 320 g/mol. The van der Waals surface area contributed by atoms with Gasteiger partial charge in [0.2, 0.25) is 0 Å². The van der Waals surface area contributed by atoms with Gasteiger partial charge in [-0.15, -0.1) is 11.3 Å². The number of benzene rings is 1. The molecule has 118 valence electrons. The monoisotopic (exact) mass is 320 g/mol. The number of para-hydroxylation sites is 1. The lowest BCUT2D eigenvalue weighted by Crippen LogP contribution is -2.22. The van der Waals surface area contributed by atoms with Crippen LogP contribution in [0.2, 0.25) is 0 Å². The Balaban J connectivity index is 2.07. The van der Waals surface area contributed by atoms with E-state index in [2.05, 4.69) is 16.8 Å². The predicted octanol–water partition coefficient (Wildman–Crippen LogP) is 3.11. The topological polar surface area (TPSA) is 62.7 Å². The molecule has 1 aromatic carbocycles. The smallest absolute Gasteiger partial charge is 0.341 e. The van der Waals surface area contributed by atoms with Crippen molar-refractivity contribution in [3.05, 3.63) is 45.9 Å². The van der Waals surface area contributed by atoms with E-state index in [0.717, 1.165) is 16.3 Å². The fourth-order valence-electron chi connectivity index (χ4n) is 2.07. The van der Waals surface area contributed by atoms with Crippen molar-refractivity contribution in [3.8, 4) is 5.75 Å². The molecule has 0 bridgehead atoms. The zero-order valence-electron chi connectivity index (χ0n) is 12.9. The second-order valence-corrected chi connectivity index (χ2v) is 6.10. The van der Waals surface area contributed by atoms with Crippen molar-refractivity contribution in [1.29, 1.82) is 0 Å². The predicted molar refractivity (Wildman–Crippen MR) is 86.3 cm³/mol. The van der Waals surface area contributed by atoms with E-state index in [4.69, 9.17) is 9.84 Å². The highest BCUT2D eigenvalue weighted by Crippen LogP contribution is 2.26. The minimum Gasteiger partial charge on any atom is -0.482 e. The Kier molecular flexibility index (Phi) is 5.51. The van der Waals surface area contributed by atoms with Gasteiger partial charge in [0.1, 0.15) is 10.8 Å². The van der Waals surface area contributed by atoms with E-state index in [1.807, 2.05) is 37.6 Å². The summed E-state index contributed by atoms with van der Waals surface area (Å²) in [5, 5.41) is 11.9. The van der Waals surface area contributed by atoms with Crippen molar-refractivity contribution in [3.63, 3.8) is 0 Å². The average Bonchev–Trinajstić information content (AvgIpc) is 2.92. The lowest BCUT2D eigenvalue weighted by Gasteiger charge is -2.24. The van der Waals surface area contributed by atoms with E-state index < -0.39 is 5.97 Å². The first-order valence-corrected chi connectivity index (χ1v) is 7.90. The molecule has 1 atom stereocenters. The van der Waals surface area contributed by atoms with Gasteiger partial charge in [0.15, 0.2) is 6.61 Å². The molecule has 5 nitrogen and oxygen atoms in total. The maximum absolute atomic E-state index is 10.7. The maximum atomic E-state index is 10.7. The fraction of sp³-hybridized carbons (Fsp3) is 0.375. The highest BCUT2D eigenvalue weighted by Gasteiger charge is 2.17. The molecule has 1 N–H and O–H groups in total. The SMILES string of the molecule is Cc1csc([C@H](C)N(C)Cc2ccccc2OCC(=O)O)n1. The molecule has 2 aromatic rings. The molecular weight excluding hydrogens is 300 g/mol. The lowest BCUT2D eigenvalue weighted by atomic mass is 10.1. The van der Waals surface area contributed by atoms with Crippen molar-refractivity contribution in [2.45, 2.75) is 26.4 Å². The third-order valence-corrected chi connectivity index (χ3v) is 4.53. The standard InChI is InChI=1S/C16H20N2O3S/c1-11-10-22-16(17-11)12(2)18(3)8-13-6-4-5-7-14(13)21-9-15(19)20/h4-7,10,12H,8-9H2,1-3H3,(H,19,20)/t12-/m0/s1. The molecule has 0 saturated carbocycles. The lowest BCUT2D eigenvalue weighted by molar-refractivity contribution is -0.139. The number of aromatic nitrogens is 1. The van der Waals surface area contributed by atoms with Crippen LogP contribution in [-0.4, -0.2) is 34.6 Å². The molecule has 0 fully saturated rings. The Hall–Kier alpha value is -1.92. The first kappa shape index (κ1) is 16.5. The van der Waals surface area contributed by atoms with Crippen molar-refractivity contribution < 1.29 is 14.6 Å². The highest BCUT2D eigenvalue weighted by molar-refractivity contribution is 7.09. The number of aliphatic carboxylic acids is 1. The first-order chi connectivity index (χ1) is 10.5. The second-order valence-electron chi connectivity index (χ2n) is 5.21. The van der Waals surface area contributed by atoms with Crippen LogP contribution in [0.25, 0.3) is 0 Å². The highest BCUT2D eigenvalue weighted by atomic mass is 32.1. The molecule has 0 aliphatic rings. The number of carboxylic acids is 1. The van der Waals surface area contributed by atoms with Crippen molar-refractivity contribution in [1.82, 2.24) is 9.88 Å². The Morgan fingerprint density at radius 2 is 2.18 bits per heavy atom. The van der Waals surface area contributed by atoms with E-state index in [-0.39, 0.29) is 12.6 Å². The Labute approximate surface area is 134 Å². The summed E-state index contributed by atoms with van der Waals surface area (Å²) >= 11 is 1.65. The van der Waals surface area contributed by atoms with Crippen LogP contribution in [0.1, 0.15) is 29.2 Å². The van der Waals surface area contributed by atoms with E-state index >= 15 is 0 Å². The van der Waals surface area contributed by atoms with Gasteiger partial charge in [-0.25, -0.2) is 9.78 Å². The summed E-state index contributed by atoms with van der Waals surface area (Å²) in [4.78, 5) is 17.4. The van der Waals surface area contributed by atoms with Crippen LogP contribution < -0.4 is 4.74 Å². The van der Waals surface area contributed by atoms with Gasteiger partial charge in [0, 0.05) is 23.2 Å². The molecule has 22 heavy (non-hydrogen) atoms. The zero-order chi connectivity index (χ0) is 16.1. The Bertz CT molecular complexity index is 642. The van der Waals surface area contributed by atoms with Crippen LogP contribution in [0, 0.1) is 6.92 Å². The zero-order valence-corrected chi connectivity index (χ0v) is 13.8. The second kappa shape index (κ2) is 7.38. The molecule has 6 heteroatoms. The summed E-state index contributed by atoms with van der Waals surface area (Å²) in [6.45, 7) is 4.43. The van der Waals surface area contributed by atoms with Gasteiger partial charge in [-0.3, -0.25) is 4.90 Å². The Morgan fingerprint density at radius 1 is 1.45 bits per heavy atom. The third-order valence-electron chi connectivity index (χ3n) is 3.40. The fourth-order valence-corrected chi connectivity index (χ4v) is 2.99. The molecule has 1 aromatic heterocycles. The number of carbonyl (C=O) groups is 1. The number of hydrogen-bond acceptors (Lipinski definition) is 5. The van der Waals surface area contributed by atoms with E-state index in [1.54, 1.807) is 17.4 Å². The molecule has 1 heterocycles. The molecule has 0 aliphatic heterocycles. The maximum Gasteiger partial charge on any atom is 0.341 e. The summed E-state index contributed by atoms with van der Waals surface area (Å²) in [6, 6.07) is 7.70. The molecule has 0 saturated heterocycles. The van der Waals surface area contributed by atoms with Crippen LogP contribution in [0.15, 0.2) is 29.6 Å². The van der Waals surface area contributed by atoms with Crippen molar-refractivity contribution >= 4 is 17.3 Å². The van der Waals surface area contributed by atoms with E-state index in [0.29, 0.717) is 12.3 Å². The number of hydrogen-bond donors (Lipinski definition) is 1. The van der Waals surface area contributed by atoms with Crippen molar-refractivity contribution in [2.24, 2.45) is 0 Å². The van der Waals surface area contributed by atoms with Gasteiger partial charge in [0.25, 0.3) is 0 Å². The van der Waals surface area contributed by atoms with Crippen LogP contribution in [0.4, 0.5) is 0 Å². The molecule has 0 aliphatic carbocycles. The minimum atomic E-state index is -0.977. The number of nitrogens with zero attached hydrogens (tertiary/aromatic N) is 2. The van der Waals surface area contributed by atoms with Gasteiger partial charge in [0.05, 0.1) is 6.04 Å². The molecule has 0 radical (unpaired) electrons. The van der Waals surface area contributed by atoms with Gasteiger partial charge >= 0.3 is 5.97 Å². The van der Waals surface area contributed by atoms with Crippen molar-refractivity contribution in [2.75, 3.05) is 13.7 Å². The summed E-state index contributed by atoms with van der Waals surface area (Å²) < 4.78 is 5.35. The largest absolute Gasteiger partial charge is 0.482 e. The third kappa shape index (κ3) is 4.29. The van der Waals surface area contributed by atoms with Crippen LogP contribution in [0.5, 0.6) is 5.75 Å². The van der Waals surface area contributed by atoms with Gasteiger partial charge in [-0.2, -0.15) is 0 Å². The van der Waals surface area contributed by atoms with Gasteiger partial charge in [-0.05, 0) is 27.0 Å². The number of thiazole rings is 1. The van der Waals surface area contributed by atoms with Gasteiger partial charge in [-0.1, -0.05) is 18.2 Å². The van der Waals surface area contributed by atoms with Gasteiger partial charge < -0.3 is 9.84 Å². The Morgan fingerprint density at radius 3 is 2.82 bits per heavy atom. The van der Waals surface area contributed by atoms with Crippen LogP contribution >= 0.6 is 11.3 Å². The summed E-state index contributed by atoms with van der Waals surface area (Å²) in [5.74, 6) is -0.367. The molecule has 0 spiro atoms. The molecule has 0 unspecified atom stereocenters. The quantitative estimate of drug-likeness (QED) is 0.849. The number of aryl methyl sites for hydroxylation is 1. The van der Waals surface area contributed by atoms with E-state index in [9.17, 15) is 4.79 Å². The number of carboxylic acid groups (broad SMARTS) is 1. The molecule has 0 amide bonds. The molecule has 2 rings (SSSR count).